The predicted octanol–water partition coefficient (Wildman–Crippen LogP) is 1.14. The van der Waals surface area contributed by atoms with Gasteiger partial charge in [-0.1, -0.05) is 0 Å². The van der Waals surface area contributed by atoms with Crippen molar-refractivity contribution in [3.63, 3.8) is 0 Å². The van der Waals surface area contributed by atoms with Gasteiger partial charge in [-0.3, -0.25) is 9.59 Å². The van der Waals surface area contributed by atoms with Crippen molar-refractivity contribution in [1.29, 1.82) is 0 Å². The smallest absolute Gasteiger partial charge is 0.222 e. The van der Waals surface area contributed by atoms with Crippen LogP contribution in [0.25, 0.3) is 0 Å². The molecule has 1 saturated heterocycles. The molecule has 20 heavy (non-hydrogen) atoms. The van der Waals surface area contributed by atoms with Crippen LogP contribution in [0.4, 0.5) is 0 Å². The van der Waals surface area contributed by atoms with Crippen LogP contribution in [0.1, 0.15) is 46.0 Å². The molecule has 0 aliphatic carbocycles. The van der Waals surface area contributed by atoms with Crippen LogP contribution >= 0.6 is 0 Å². The van der Waals surface area contributed by atoms with Gasteiger partial charge in [0.2, 0.25) is 11.8 Å². The Bertz CT molecular complexity index is 297. The van der Waals surface area contributed by atoms with Gasteiger partial charge in [0.1, 0.15) is 0 Å². The topological polar surface area (TPSA) is 61.4 Å². The maximum Gasteiger partial charge on any atom is 0.222 e. The molecule has 0 bridgehead atoms. The molecule has 0 spiro atoms. The minimum atomic E-state index is 0.0721. The zero-order valence-corrected chi connectivity index (χ0v) is 12.9. The highest BCUT2D eigenvalue weighted by atomic mass is 16.2. The maximum absolute atomic E-state index is 11.8. The van der Waals surface area contributed by atoms with E-state index in [-0.39, 0.29) is 11.8 Å². The second-order valence-electron chi connectivity index (χ2n) is 5.44. The molecule has 1 aliphatic rings. The first-order chi connectivity index (χ1) is 9.67. The van der Waals surface area contributed by atoms with E-state index in [4.69, 9.17) is 0 Å². The van der Waals surface area contributed by atoms with Crippen molar-refractivity contribution in [2.45, 2.75) is 46.0 Å². The zero-order chi connectivity index (χ0) is 14.8. The molecule has 0 saturated carbocycles. The van der Waals surface area contributed by atoms with Crippen LogP contribution in [0.2, 0.25) is 0 Å². The number of piperidine rings is 1. The van der Waals surface area contributed by atoms with Crippen molar-refractivity contribution in [2.24, 2.45) is 5.92 Å². The van der Waals surface area contributed by atoms with E-state index < -0.39 is 0 Å². The van der Waals surface area contributed by atoms with E-state index in [1.54, 1.807) is 0 Å². The first-order valence-electron chi connectivity index (χ1n) is 7.92. The second kappa shape index (κ2) is 9.75. The van der Waals surface area contributed by atoms with Gasteiger partial charge < -0.3 is 15.5 Å². The molecule has 0 aromatic heterocycles. The van der Waals surface area contributed by atoms with Gasteiger partial charge in [-0.25, -0.2) is 0 Å². The highest BCUT2D eigenvalue weighted by Gasteiger charge is 2.14. The quantitative estimate of drug-likeness (QED) is 0.702. The minimum Gasteiger partial charge on any atom is -0.356 e. The Labute approximate surface area is 122 Å². The standard InChI is InChI=1S/C15H29N3O2/c1-3-18(4-2)15(20)9-5-8-14(19)17-12-13-7-6-10-16-11-13/h13,16H,3-12H2,1-2H3,(H,17,19). The average Bonchev–Trinajstić information content (AvgIpc) is 2.47. The number of amides is 2. The molecule has 2 amide bonds. The Morgan fingerprint density at radius 3 is 2.60 bits per heavy atom. The van der Waals surface area contributed by atoms with Gasteiger partial charge in [0, 0.05) is 32.5 Å². The molecule has 1 rings (SSSR count). The van der Waals surface area contributed by atoms with Gasteiger partial charge in [-0.15, -0.1) is 0 Å². The Balaban J connectivity index is 2.08. The number of carbonyl (C=O) groups excluding carboxylic acids is 2. The van der Waals surface area contributed by atoms with Crippen LogP contribution in [-0.4, -0.2) is 49.4 Å². The molecule has 2 N–H and O–H groups in total. The third-order valence-electron chi connectivity index (χ3n) is 3.90. The van der Waals surface area contributed by atoms with Crippen LogP contribution < -0.4 is 10.6 Å². The summed E-state index contributed by atoms with van der Waals surface area (Å²) in [6.07, 6.45) is 3.95. The van der Waals surface area contributed by atoms with Crippen molar-refractivity contribution in [3.05, 3.63) is 0 Å². The lowest BCUT2D eigenvalue weighted by Gasteiger charge is -2.23. The SMILES string of the molecule is CCN(CC)C(=O)CCCC(=O)NCC1CCCNC1. The molecule has 0 aromatic carbocycles. The lowest BCUT2D eigenvalue weighted by molar-refractivity contribution is -0.131. The van der Waals surface area contributed by atoms with Gasteiger partial charge in [-0.2, -0.15) is 0 Å². The van der Waals surface area contributed by atoms with Crippen molar-refractivity contribution in [3.8, 4) is 0 Å². The molecule has 116 valence electrons. The number of nitrogens with zero attached hydrogens (tertiary/aromatic N) is 1. The average molecular weight is 283 g/mol. The van der Waals surface area contributed by atoms with Crippen LogP contribution in [0, 0.1) is 5.92 Å². The van der Waals surface area contributed by atoms with Gasteiger partial charge >= 0.3 is 0 Å². The molecular weight excluding hydrogens is 254 g/mol. The molecule has 1 aliphatic heterocycles. The highest BCUT2D eigenvalue weighted by molar-refractivity contribution is 5.78. The van der Waals surface area contributed by atoms with Gasteiger partial charge in [-0.05, 0) is 52.1 Å². The lowest BCUT2D eigenvalue weighted by atomic mass is 10.00. The lowest BCUT2D eigenvalue weighted by Crippen LogP contribution is -2.38. The Hall–Kier alpha value is -1.10. The van der Waals surface area contributed by atoms with Crippen LogP contribution in [0.5, 0.6) is 0 Å². The Morgan fingerprint density at radius 1 is 1.25 bits per heavy atom. The maximum atomic E-state index is 11.8. The first-order valence-corrected chi connectivity index (χ1v) is 7.92. The summed E-state index contributed by atoms with van der Waals surface area (Å²) in [5, 5.41) is 6.32. The summed E-state index contributed by atoms with van der Waals surface area (Å²) in [7, 11) is 0. The number of hydrogen-bond acceptors (Lipinski definition) is 3. The third kappa shape index (κ3) is 6.37. The molecule has 1 atom stereocenters. The number of hydrogen-bond donors (Lipinski definition) is 2. The number of carbonyl (C=O) groups is 2. The molecule has 5 nitrogen and oxygen atoms in total. The highest BCUT2D eigenvalue weighted by Crippen LogP contribution is 2.08. The van der Waals surface area contributed by atoms with Crippen molar-refractivity contribution in [1.82, 2.24) is 15.5 Å². The number of rotatable bonds is 8. The molecular formula is C15H29N3O2. The van der Waals surface area contributed by atoms with E-state index in [1.165, 1.54) is 12.8 Å². The molecule has 5 heteroatoms. The fourth-order valence-electron chi connectivity index (χ4n) is 2.58. The fraction of sp³-hybridized carbons (Fsp3) is 0.867. The van der Waals surface area contributed by atoms with Gasteiger partial charge in [0.15, 0.2) is 0 Å². The predicted molar refractivity (Wildman–Crippen MR) is 80.4 cm³/mol. The summed E-state index contributed by atoms with van der Waals surface area (Å²) in [4.78, 5) is 25.3. The zero-order valence-electron chi connectivity index (χ0n) is 12.9. The molecule has 1 unspecified atom stereocenters. The van der Waals surface area contributed by atoms with Crippen LogP contribution in [-0.2, 0) is 9.59 Å². The second-order valence-corrected chi connectivity index (χ2v) is 5.44. The van der Waals surface area contributed by atoms with E-state index >= 15 is 0 Å². The largest absolute Gasteiger partial charge is 0.356 e. The van der Waals surface area contributed by atoms with E-state index in [1.807, 2.05) is 18.7 Å². The summed E-state index contributed by atoms with van der Waals surface area (Å²) >= 11 is 0. The van der Waals surface area contributed by atoms with E-state index in [0.29, 0.717) is 25.2 Å². The first kappa shape index (κ1) is 17.0. The van der Waals surface area contributed by atoms with Crippen molar-refractivity contribution >= 4 is 11.8 Å². The van der Waals surface area contributed by atoms with E-state index in [0.717, 1.165) is 32.7 Å². The third-order valence-corrected chi connectivity index (χ3v) is 3.90. The summed E-state index contributed by atoms with van der Waals surface area (Å²) in [5.41, 5.74) is 0. The number of nitrogens with one attached hydrogen (secondary N) is 2. The normalized spacial score (nSPS) is 18.6. The van der Waals surface area contributed by atoms with E-state index in [2.05, 4.69) is 10.6 Å². The van der Waals surface area contributed by atoms with Crippen molar-refractivity contribution < 1.29 is 9.59 Å². The summed E-state index contributed by atoms with van der Waals surface area (Å²) < 4.78 is 0. The fourth-order valence-corrected chi connectivity index (χ4v) is 2.58. The molecule has 1 heterocycles. The Kier molecular flexibility index (Phi) is 8.26. The van der Waals surface area contributed by atoms with Crippen molar-refractivity contribution in [2.75, 3.05) is 32.7 Å². The van der Waals surface area contributed by atoms with Crippen LogP contribution in [0.15, 0.2) is 0 Å². The summed E-state index contributed by atoms with van der Waals surface area (Å²) in [6.45, 7) is 8.31. The monoisotopic (exact) mass is 283 g/mol. The van der Waals surface area contributed by atoms with Gasteiger partial charge in [0.05, 0.1) is 0 Å². The summed E-state index contributed by atoms with van der Waals surface area (Å²) in [6, 6.07) is 0. The molecule has 1 fully saturated rings. The Morgan fingerprint density at radius 2 is 2.00 bits per heavy atom. The van der Waals surface area contributed by atoms with E-state index in [9.17, 15) is 9.59 Å². The van der Waals surface area contributed by atoms with Crippen LogP contribution in [0.3, 0.4) is 0 Å². The molecule has 0 aromatic rings. The molecule has 0 radical (unpaired) electrons. The van der Waals surface area contributed by atoms with Gasteiger partial charge in [0.25, 0.3) is 0 Å². The minimum absolute atomic E-state index is 0.0721. The summed E-state index contributed by atoms with van der Waals surface area (Å²) in [5.74, 6) is 0.784.